The first kappa shape index (κ1) is 20.2. The van der Waals surface area contributed by atoms with E-state index in [-0.39, 0.29) is 5.89 Å². The number of hydrogen-bond donors (Lipinski definition) is 3. The first-order valence-corrected chi connectivity index (χ1v) is 8.85. The molecular formula is C19H17ClN4O5. The van der Waals surface area contributed by atoms with Gasteiger partial charge in [0.2, 0.25) is 5.89 Å². The van der Waals surface area contributed by atoms with E-state index in [0.29, 0.717) is 22.9 Å². The van der Waals surface area contributed by atoms with Gasteiger partial charge in [-0.2, -0.15) is 0 Å². The van der Waals surface area contributed by atoms with E-state index in [1.807, 2.05) is 12.1 Å². The number of benzene rings is 2. The molecule has 29 heavy (non-hydrogen) atoms. The van der Waals surface area contributed by atoms with Gasteiger partial charge in [-0.3, -0.25) is 0 Å². The summed E-state index contributed by atoms with van der Waals surface area (Å²) in [7, 11) is 1.56. The molecule has 1 unspecified atom stereocenters. The van der Waals surface area contributed by atoms with Crippen molar-refractivity contribution in [2.24, 2.45) is 0 Å². The van der Waals surface area contributed by atoms with Gasteiger partial charge in [0.1, 0.15) is 11.8 Å². The molecule has 2 aromatic carbocycles. The molecular weight excluding hydrogens is 400 g/mol. The van der Waals surface area contributed by atoms with Crippen LogP contribution in [0.1, 0.15) is 28.2 Å². The number of rotatable bonds is 7. The van der Waals surface area contributed by atoms with Crippen LogP contribution in [0.25, 0.3) is 0 Å². The Bertz CT molecular complexity index is 989. The highest BCUT2D eigenvalue weighted by molar-refractivity contribution is 6.30. The summed E-state index contributed by atoms with van der Waals surface area (Å²) in [5, 5.41) is 22.2. The Kier molecular flexibility index (Phi) is 6.30. The van der Waals surface area contributed by atoms with Gasteiger partial charge in [-0.15, -0.1) is 10.2 Å². The van der Waals surface area contributed by atoms with E-state index < -0.39 is 23.9 Å². The van der Waals surface area contributed by atoms with Crippen molar-refractivity contribution in [3.63, 3.8) is 0 Å². The smallest absolute Gasteiger partial charge is 0.393 e. The Morgan fingerprint density at radius 1 is 1.14 bits per heavy atom. The number of carboxylic acid groups (broad SMARTS) is 1. The zero-order chi connectivity index (χ0) is 20.8. The molecule has 2 amide bonds. The number of carbonyl (C=O) groups is 2. The van der Waals surface area contributed by atoms with Crippen molar-refractivity contribution >= 4 is 29.3 Å². The number of carboxylic acids is 1. The van der Waals surface area contributed by atoms with E-state index in [1.54, 1.807) is 43.5 Å². The monoisotopic (exact) mass is 416 g/mol. The SMILES string of the molecule is COc1ccc(CC(NC(=O)Nc2ccc(Cl)cc2)c2nnc(C(=O)O)o2)cc1. The summed E-state index contributed by atoms with van der Waals surface area (Å²) in [5.41, 5.74) is 1.38. The van der Waals surface area contributed by atoms with Gasteiger partial charge in [0, 0.05) is 17.1 Å². The molecule has 1 heterocycles. The lowest BCUT2D eigenvalue weighted by Gasteiger charge is -2.16. The second-order valence-electron chi connectivity index (χ2n) is 5.96. The summed E-state index contributed by atoms with van der Waals surface area (Å²) in [4.78, 5) is 23.5. The number of ether oxygens (including phenoxy) is 1. The largest absolute Gasteiger partial charge is 0.497 e. The fraction of sp³-hybridized carbons (Fsp3) is 0.158. The van der Waals surface area contributed by atoms with Gasteiger partial charge in [-0.05, 0) is 42.0 Å². The lowest BCUT2D eigenvalue weighted by atomic mass is 10.1. The van der Waals surface area contributed by atoms with E-state index >= 15 is 0 Å². The second-order valence-corrected chi connectivity index (χ2v) is 6.40. The van der Waals surface area contributed by atoms with Crippen LogP contribution in [-0.4, -0.2) is 34.4 Å². The first-order valence-electron chi connectivity index (χ1n) is 8.47. The van der Waals surface area contributed by atoms with Crippen LogP contribution in [0, 0.1) is 0 Å². The minimum atomic E-state index is -1.35. The highest BCUT2D eigenvalue weighted by Gasteiger charge is 2.23. The third-order valence-corrected chi connectivity index (χ3v) is 4.18. The molecule has 10 heteroatoms. The van der Waals surface area contributed by atoms with E-state index in [2.05, 4.69) is 20.8 Å². The molecule has 1 aromatic heterocycles. The number of methoxy groups -OCH3 is 1. The fourth-order valence-corrected chi connectivity index (χ4v) is 2.64. The maximum absolute atomic E-state index is 12.4. The molecule has 0 saturated heterocycles. The predicted octanol–water partition coefficient (Wildman–Crippen LogP) is 3.54. The molecule has 150 valence electrons. The number of nitrogens with one attached hydrogen (secondary N) is 2. The van der Waals surface area contributed by atoms with Crippen LogP contribution in [0.4, 0.5) is 10.5 Å². The fourth-order valence-electron chi connectivity index (χ4n) is 2.52. The topological polar surface area (TPSA) is 127 Å². The van der Waals surface area contributed by atoms with Gasteiger partial charge in [0.05, 0.1) is 7.11 Å². The van der Waals surface area contributed by atoms with Crippen molar-refractivity contribution < 1.29 is 23.8 Å². The van der Waals surface area contributed by atoms with Crippen molar-refractivity contribution in [1.82, 2.24) is 15.5 Å². The van der Waals surface area contributed by atoms with Crippen molar-refractivity contribution in [2.75, 3.05) is 12.4 Å². The average molecular weight is 417 g/mol. The number of hydrogen-bond acceptors (Lipinski definition) is 6. The minimum absolute atomic E-state index is 0.0236. The number of halogens is 1. The van der Waals surface area contributed by atoms with Crippen LogP contribution in [-0.2, 0) is 6.42 Å². The predicted molar refractivity (Wildman–Crippen MR) is 104 cm³/mol. The van der Waals surface area contributed by atoms with E-state index in [0.717, 1.165) is 5.56 Å². The Morgan fingerprint density at radius 3 is 2.41 bits per heavy atom. The van der Waals surface area contributed by atoms with Gasteiger partial charge in [-0.1, -0.05) is 23.7 Å². The van der Waals surface area contributed by atoms with E-state index in [1.165, 1.54) is 0 Å². The maximum Gasteiger partial charge on any atom is 0.393 e. The molecule has 0 aliphatic carbocycles. The molecule has 0 spiro atoms. The summed E-state index contributed by atoms with van der Waals surface area (Å²) >= 11 is 5.84. The second kappa shape index (κ2) is 9.07. The third-order valence-electron chi connectivity index (χ3n) is 3.93. The normalized spacial score (nSPS) is 11.5. The standard InChI is InChI=1S/C19H17ClN4O5/c1-28-14-8-2-11(3-9-14)10-15(16-23-24-17(29-16)18(25)26)22-19(27)21-13-6-4-12(20)5-7-13/h2-9,15H,10H2,1H3,(H,25,26)(H2,21,22,27). The van der Waals surface area contributed by atoms with Crippen LogP contribution in [0.2, 0.25) is 5.02 Å². The molecule has 0 saturated carbocycles. The Hall–Kier alpha value is -3.59. The minimum Gasteiger partial charge on any atom is -0.497 e. The number of aromatic nitrogens is 2. The van der Waals surface area contributed by atoms with Gasteiger partial charge in [-0.25, -0.2) is 9.59 Å². The van der Waals surface area contributed by atoms with E-state index in [9.17, 15) is 9.59 Å². The van der Waals surface area contributed by atoms with Crippen molar-refractivity contribution in [2.45, 2.75) is 12.5 Å². The summed E-state index contributed by atoms with van der Waals surface area (Å²) in [6.07, 6.45) is 0.291. The van der Waals surface area contributed by atoms with Crippen molar-refractivity contribution in [3.05, 3.63) is 70.9 Å². The number of amides is 2. The maximum atomic E-state index is 12.4. The number of urea groups is 1. The number of anilines is 1. The van der Waals surface area contributed by atoms with E-state index in [4.69, 9.17) is 25.9 Å². The highest BCUT2D eigenvalue weighted by Crippen LogP contribution is 2.21. The zero-order valence-electron chi connectivity index (χ0n) is 15.3. The highest BCUT2D eigenvalue weighted by atomic mass is 35.5. The molecule has 3 aromatic rings. The molecule has 3 rings (SSSR count). The lowest BCUT2D eigenvalue weighted by molar-refractivity contribution is 0.0650. The Balaban J connectivity index is 1.77. The van der Waals surface area contributed by atoms with Crippen molar-refractivity contribution in [1.29, 1.82) is 0 Å². The van der Waals surface area contributed by atoms with Crippen LogP contribution < -0.4 is 15.4 Å². The zero-order valence-corrected chi connectivity index (χ0v) is 16.0. The number of nitrogens with zero attached hydrogens (tertiary/aromatic N) is 2. The Labute approximate surface area is 170 Å². The molecule has 3 N–H and O–H groups in total. The van der Waals surface area contributed by atoms with Crippen molar-refractivity contribution in [3.8, 4) is 5.75 Å². The Morgan fingerprint density at radius 2 is 1.83 bits per heavy atom. The average Bonchev–Trinajstić information content (AvgIpc) is 3.20. The molecule has 0 bridgehead atoms. The first-order chi connectivity index (χ1) is 13.9. The summed E-state index contributed by atoms with van der Waals surface area (Å²) < 4.78 is 10.3. The molecule has 0 fully saturated rings. The summed E-state index contributed by atoms with van der Waals surface area (Å²) in [5.74, 6) is -1.24. The number of aromatic carboxylic acids is 1. The molecule has 1 atom stereocenters. The molecule has 0 aliphatic heterocycles. The molecule has 0 aliphatic rings. The number of carbonyl (C=O) groups excluding carboxylic acids is 1. The summed E-state index contributed by atoms with van der Waals surface area (Å²) in [6, 6.07) is 12.5. The van der Waals surface area contributed by atoms with Gasteiger partial charge >= 0.3 is 17.9 Å². The van der Waals surface area contributed by atoms with Crippen LogP contribution in [0.3, 0.4) is 0 Å². The lowest BCUT2D eigenvalue weighted by Crippen LogP contribution is -2.34. The third kappa shape index (κ3) is 5.45. The van der Waals surface area contributed by atoms with Gasteiger partial charge < -0.3 is 24.9 Å². The van der Waals surface area contributed by atoms with Gasteiger partial charge in [0.15, 0.2) is 0 Å². The van der Waals surface area contributed by atoms with Crippen LogP contribution in [0.15, 0.2) is 52.9 Å². The molecule has 0 radical (unpaired) electrons. The van der Waals surface area contributed by atoms with Gasteiger partial charge in [0.25, 0.3) is 0 Å². The van der Waals surface area contributed by atoms with Crippen LogP contribution >= 0.6 is 11.6 Å². The van der Waals surface area contributed by atoms with Crippen LogP contribution in [0.5, 0.6) is 5.75 Å². The quantitative estimate of drug-likeness (QED) is 0.537. The molecule has 9 nitrogen and oxygen atoms in total. The summed E-state index contributed by atoms with van der Waals surface area (Å²) in [6.45, 7) is 0.